The first kappa shape index (κ1) is 5.24. The Hall–Kier alpha value is -0.900. The molecular formula is C4H3N2OS. The minimum atomic E-state index is -0.716. The van der Waals surface area contributed by atoms with Crippen molar-refractivity contribution in [1.82, 2.24) is 10.7 Å². The van der Waals surface area contributed by atoms with Crippen molar-refractivity contribution in [2.45, 2.75) is 0 Å². The van der Waals surface area contributed by atoms with Gasteiger partial charge in [0.2, 0.25) is 0 Å². The summed E-state index contributed by atoms with van der Waals surface area (Å²) in [4.78, 5) is 13.7. The van der Waals surface area contributed by atoms with E-state index in [1.54, 1.807) is 5.38 Å². The molecular weight excluding hydrogens is 124 g/mol. The molecule has 0 unspecified atom stereocenters. The van der Waals surface area contributed by atoms with E-state index in [1.807, 2.05) is 0 Å². The number of nitrogens with one attached hydrogen (secondary N) is 1. The molecule has 0 atom stereocenters. The fourth-order valence-corrected chi connectivity index (χ4v) is 0.857. The molecule has 0 saturated carbocycles. The van der Waals surface area contributed by atoms with E-state index in [2.05, 4.69) is 4.98 Å². The van der Waals surface area contributed by atoms with Crippen LogP contribution in [0.1, 0.15) is 10.5 Å². The van der Waals surface area contributed by atoms with Gasteiger partial charge in [0.15, 0.2) is 0 Å². The number of carbonyl (C=O) groups is 1. The first-order chi connectivity index (χ1) is 3.80. The van der Waals surface area contributed by atoms with Crippen molar-refractivity contribution in [1.29, 1.82) is 0 Å². The zero-order valence-corrected chi connectivity index (χ0v) is 4.73. The maximum atomic E-state index is 10.1. The largest absolute Gasteiger partial charge is 0.289 e. The number of rotatable bonds is 1. The van der Waals surface area contributed by atoms with Crippen LogP contribution in [-0.4, -0.2) is 10.9 Å². The highest BCUT2D eigenvalue weighted by Crippen LogP contribution is 1.98. The summed E-state index contributed by atoms with van der Waals surface area (Å²) in [6.07, 6.45) is 0. The van der Waals surface area contributed by atoms with E-state index >= 15 is 0 Å². The van der Waals surface area contributed by atoms with Crippen molar-refractivity contribution >= 4 is 17.2 Å². The normalized spacial score (nSPS) is 9.00. The van der Waals surface area contributed by atoms with Crippen molar-refractivity contribution in [2.75, 3.05) is 0 Å². The van der Waals surface area contributed by atoms with Gasteiger partial charge in [-0.25, -0.2) is 4.98 Å². The fraction of sp³-hybridized carbons (Fsp3) is 0. The third kappa shape index (κ3) is 0.840. The van der Waals surface area contributed by atoms with Crippen molar-refractivity contribution in [3.63, 3.8) is 0 Å². The summed E-state index contributed by atoms with van der Waals surface area (Å²) in [5, 5.41) is 1.55. The Morgan fingerprint density at radius 1 is 1.88 bits per heavy atom. The lowest BCUT2D eigenvalue weighted by Crippen LogP contribution is -1.97. The van der Waals surface area contributed by atoms with Crippen LogP contribution < -0.4 is 5.73 Å². The molecule has 0 aliphatic heterocycles. The highest BCUT2D eigenvalue weighted by Gasteiger charge is 1.99. The van der Waals surface area contributed by atoms with E-state index in [-0.39, 0.29) is 5.69 Å². The predicted molar refractivity (Wildman–Crippen MR) is 29.5 cm³/mol. The van der Waals surface area contributed by atoms with E-state index in [0.717, 1.165) is 0 Å². The summed E-state index contributed by atoms with van der Waals surface area (Å²) in [6, 6.07) is 0. The number of nitrogens with zero attached hydrogens (tertiary/aromatic N) is 1. The molecule has 1 radical (unpaired) electrons. The molecule has 0 aliphatic rings. The summed E-state index contributed by atoms with van der Waals surface area (Å²) >= 11 is 1.32. The highest BCUT2D eigenvalue weighted by molar-refractivity contribution is 7.07. The lowest BCUT2D eigenvalue weighted by atomic mass is 10.5. The molecule has 1 N–H and O–H groups in total. The van der Waals surface area contributed by atoms with E-state index in [4.69, 9.17) is 5.73 Å². The van der Waals surface area contributed by atoms with Gasteiger partial charge in [0.05, 0.1) is 5.51 Å². The quantitative estimate of drug-likeness (QED) is 0.553. The number of hydrogen-bond donors (Lipinski definition) is 0. The molecule has 1 rings (SSSR count). The summed E-state index contributed by atoms with van der Waals surface area (Å²) < 4.78 is 0. The van der Waals surface area contributed by atoms with Crippen LogP contribution in [0.2, 0.25) is 0 Å². The summed E-state index contributed by atoms with van der Waals surface area (Å²) in [7, 11) is 0. The lowest BCUT2D eigenvalue weighted by Gasteiger charge is -1.77. The molecule has 4 heteroatoms. The SMILES string of the molecule is [NH]C(=O)c1cscn1. The van der Waals surface area contributed by atoms with Gasteiger partial charge in [-0.15, -0.1) is 11.3 Å². The van der Waals surface area contributed by atoms with Crippen molar-refractivity contribution in [3.05, 3.63) is 16.6 Å². The van der Waals surface area contributed by atoms with Gasteiger partial charge in [-0.05, 0) is 0 Å². The van der Waals surface area contributed by atoms with Crippen LogP contribution in [0.3, 0.4) is 0 Å². The molecule has 1 aromatic heterocycles. The number of thiazole rings is 1. The summed E-state index contributed by atoms with van der Waals surface area (Å²) in [5.41, 5.74) is 8.30. The smallest absolute Gasteiger partial charge is 0.266 e. The zero-order chi connectivity index (χ0) is 5.98. The van der Waals surface area contributed by atoms with E-state index in [0.29, 0.717) is 0 Å². The molecule has 1 heterocycles. The average molecular weight is 127 g/mol. The predicted octanol–water partition coefficient (Wildman–Crippen LogP) is 0.566. The second-order valence-electron chi connectivity index (χ2n) is 1.20. The van der Waals surface area contributed by atoms with Gasteiger partial charge in [-0.1, -0.05) is 0 Å². The van der Waals surface area contributed by atoms with Crippen LogP contribution in [0, 0.1) is 0 Å². The Morgan fingerprint density at radius 3 is 2.88 bits per heavy atom. The van der Waals surface area contributed by atoms with Crippen LogP contribution >= 0.6 is 11.3 Å². The van der Waals surface area contributed by atoms with Gasteiger partial charge in [-0.3, -0.25) is 10.5 Å². The Balaban J connectivity index is 2.93. The van der Waals surface area contributed by atoms with E-state index in [9.17, 15) is 4.79 Å². The molecule has 0 bridgehead atoms. The van der Waals surface area contributed by atoms with Crippen molar-refractivity contribution in [2.24, 2.45) is 0 Å². The van der Waals surface area contributed by atoms with Crippen molar-refractivity contribution < 1.29 is 4.79 Å². The van der Waals surface area contributed by atoms with Crippen LogP contribution in [0.4, 0.5) is 0 Å². The molecule has 3 nitrogen and oxygen atoms in total. The Kier molecular flexibility index (Phi) is 1.26. The first-order valence-corrected chi connectivity index (χ1v) is 2.89. The first-order valence-electron chi connectivity index (χ1n) is 1.95. The molecule has 41 valence electrons. The molecule has 0 aliphatic carbocycles. The van der Waals surface area contributed by atoms with Gasteiger partial charge in [0, 0.05) is 5.38 Å². The van der Waals surface area contributed by atoms with E-state index in [1.165, 1.54) is 16.8 Å². The van der Waals surface area contributed by atoms with Crippen LogP contribution in [0.25, 0.3) is 0 Å². The fourth-order valence-electron chi connectivity index (χ4n) is 0.325. The second-order valence-corrected chi connectivity index (χ2v) is 1.92. The molecule has 0 spiro atoms. The van der Waals surface area contributed by atoms with Crippen molar-refractivity contribution in [3.8, 4) is 0 Å². The highest BCUT2D eigenvalue weighted by atomic mass is 32.1. The number of carbonyl (C=O) groups excluding carboxylic acids is 1. The summed E-state index contributed by atoms with van der Waals surface area (Å²) in [6.45, 7) is 0. The molecule has 0 aromatic carbocycles. The van der Waals surface area contributed by atoms with Crippen LogP contribution in [0.15, 0.2) is 10.9 Å². The van der Waals surface area contributed by atoms with Gasteiger partial charge in [0.25, 0.3) is 5.91 Å². The number of amides is 1. The molecule has 8 heavy (non-hydrogen) atoms. The standard InChI is InChI=1S/C4H3N2OS/c5-4(7)3-1-8-2-6-3/h1-2,5H. The number of hydrogen-bond acceptors (Lipinski definition) is 3. The second kappa shape index (κ2) is 1.92. The third-order valence-electron chi connectivity index (χ3n) is 0.665. The monoisotopic (exact) mass is 127 g/mol. The Labute approximate surface area is 50.2 Å². The minimum Gasteiger partial charge on any atom is -0.266 e. The lowest BCUT2D eigenvalue weighted by molar-refractivity contribution is 0.0988. The van der Waals surface area contributed by atoms with Crippen LogP contribution in [-0.2, 0) is 0 Å². The maximum absolute atomic E-state index is 10.1. The van der Waals surface area contributed by atoms with Gasteiger partial charge < -0.3 is 0 Å². The van der Waals surface area contributed by atoms with E-state index < -0.39 is 5.91 Å². The Morgan fingerprint density at radius 2 is 2.62 bits per heavy atom. The topological polar surface area (TPSA) is 53.8 Å². The van der Waals surface area contributed by atoms with Gasteiger partial charge >= 0.3 is 0 Å². The third-order valence-corrected chi connectivity index (χ3v) is 1.25. The molecule has 0 fully saturated rings. The van der Waals surface area contributed by atoms with Gasteiger partial charge in [-0.2, -0.15) is 0 Å². The zero-order valence-electron chi connectivity index (χ0n) is 3.92. The minimum absolute atomic E-state index is 0.231. The summed E-state index contributed by atoms with van der Waals surface area (Å²) in [5.74, 6) is -0.716. The van der Waals surface area contributed by atoms with Crippen LogP contribution in [0.5, 0.6) is 0 Å². The Bertz CT molecular complexity index is 182. The van der Waals surface area contributed by atoms with Gasteiger partial charge in [0.1, 0.15) is 5.69 Å². The average Bonchev–Trinajstić information content (AvgIpc) is 2.12. The molecule has 0 saturated heterocycles. The maximum Gasteiger partial charge on any atom is 0.289 e. The molecule has 1 amide bonds. The number of aromatic nitrogens is 1. The molecule has 1 aromatic rings.